The number of rotatable bonds is 2. The Labute approximate surface area is 83.9 Å². The molecule has 0 spiro atoms. The molecule has 0 aromatic carbocycles. The van der Waals surface area contributed by atoms with Crippen molar-refractivity contribution in [3.63, 3.8) is 0 Å². The van der Waals surface area contributed by atoms with Crippen molar-refractivity contribution in [2.45, 2.75) is 44.6 Å². The zero-order valence-corrected chi connectivity index (χ0v) is 8.33. The minimum absolute atomic E-state index is 0.157. The average molecular weight is 195 g/mol. The van der Waals surface area contributed by atoms with Crippen molar-refractivity contribution in [1.82, 2.24) is 5.43 Å². The predicted octanol–water partition coefficient (Wildman–Crippen LogP) is 0.770. The van der Waals surface area contributed by atoms with Crippen molar-refractivity contribution in [2.75, 3.05) is 0 Å². The summed E-state index contributed by atoms with van der Waals surface area (Å²) in [7, 11) is 0. The van der Waals surface area contributed by atoms with Gasteiger partial charge >= 0.3 is 0 Å². The van der Waals surface area contributed by atoms with Crippen LogP contribution in [0.3, 0.4) is 0 Å². The lowest BCUT2D eigenvalue weighted by atomic mass is 9.84. The molecule has 1 saturated carbocycles. The number of nitrogens with two attached hydrogens (primary N) is 1. The van der Waals surface area contributed by atoms with Gasteiger partial charge in [-0.1, -0.05) is 32.1 Å². The van der Waals surface area contributed by atoms with Gasteiger partial charge in [0.15, 0.2) is 0 Å². The molecule has 4 heteroatoms. The topological polar surface area (TPSA) is 67.5 Å². The molecule has 2 aliphatic rings. The first-order valence-electron chi connectivity index (χ1n) is 5.39. The number of nitrogens with zero attached hydrogens (tertiary/aromatic N) is 1. The summed E-state index contributed by atoms with van der Waals surface area (Å²) in [6.07, 6.45) is 7.41. The maximum absolute atomic E-state index is 11.1. The number of hydrogen-bond donors (Lipinski definition) is 2. The minimum atomic E-state index is -0.489. The lowest BCUT2D eigenvalue weighted by molar-refractivity contribution is -0.120. The molecule has 1 heterocycles. The van der Waals surface area contributed by atoms with E-state index in [4.69, 9.17) is 5.73 Å². The second kappa shape index (κ2) is 4.09. The van der Waals surface area contributed by atoms with Gasteiger partial charge in [0.05, 0.1) is 5.71 Å². The monoisotopic (exact) mass is 195 g/mol. The Morgan fingerprint density at radius 3 is 2.64 bits per heavy atom. The van der Waals surface area contributed by atoms with Crippen LogP contribution in [-0.2, 0) is 4.79 Å². The Morgan fingerprint density at radius 2 is 2.07 bits per heavy atom. The molecule has 1 aliphatic carbocycles. The first kappa shape index (κ1) is 9.65. The fourth-order valence-electron chi connectivity index (χ4n) is 2.28. The van der Waals surface area contributed by atoms with Crippen LogP contribution in [0.25, 0.3) is 0 Å². The zero-order chi connectivity index (χ0) is 9.97. The Morgan fingerprint density at radius 1 is 1.36 bits per heavy atom. The highest BCUT2D eigenvalue weighted by atomic mass is 16.2. The number of nitrogens with one attached hydrogen (secondary N) is 1. The van der Waals surface area contributed by atoms with Gasteiger partial charge in [-0.05, 0) is 12.3 Å². The van der Waals surface area contributed by atoms with Gasteiger partial charge in [0, 0.05) is 0 Å². The van der Waals surface area contributed by atoms with Gasteiger partial charge in [-0.3, -0.25) is 4.79 Å². The van der Waals surface area contributed by atoms with Gasteiger partial charge in [-0.25, -0.2) is 5.43 Å². The quantitative estimate of drug-likeness (QED) is 0.683. The third kappa shape index (κ3) is 1.95. The molecule has 1 fully saturated rings. The fourth-order valence-corrected chi connectivity index (χ4v) is 2.28. The molecule has 3 N–H and O–H groups in total. The number of hydrogen-bond acceptors (Lipinski definition) is 3. The third-order valence-electron chi connectivity index (χ3n) is 3.17. The highest BCUT2D eigenvalue weighted by Crippen LogP contribution is 2.27. The van der Waals surface area contributed by atoms with Crippen molar-refractivity contribution in [2.24, 2.45) is 16.8 Å². The minimum Gasteiger partial charge on any atom is -0.315 e. The van der Waals surface area contributed by atoms with E-state index in [0.717, 1.165) is 12.1 Å². The Hall–Kier alpha value is -0.900. The average Bonchev–Trinajstić information content (AvgIpc) is 2.52. The highest BCUT2D eigenvalue weighted by molar-refractivity contribution is 6.11. The summed E-state index contributed by atoms with van der Waals surface area (Å²) in [6.45, 7) is 0. The number of amides is 1. The molecule has 0 aromatic rings. The molecule has 1 unspecified atom stereocenters. The summed E-state index contributed by atoms with van der Waals surface area (Å²) >= 11 is 0. The molecule has 1 amide bonds. The van der Waals surface area contributed by atoms with Crippen molar-refractivity contribution in [3.8, 4) is 0 Å². The van der Waals surface area contributed by atoms with Gasteiger partial charge < -0.3 is 5.73 Å². The van der Waals surface area contributed by atoms with E-state index in [-0.39, 0.29) is 5.91 Å². The molecule has 78 valence electrons. The maximum atomic E-state index is 11.1. The summed E-state index contributed by atoms with van der Waals surface area (Å²) in [5.41, 5.74) is 8.98. The molecule has 14 heavy (non-hydrogen) atoms. The van der Waals surface area contributed by atoms with Crippen molar-refractivity contribution in [1.29, 1.82) is 0 Å². The van der Waals surface area contributed by atoms with Crippen LogP contribution in [-0.4, -0.2) is 17.7 Å². The smallest absolute Gasteiger partial charge is 0.262 e. The molecular formula is C10H17N3O. The molecule has 2 rings (SSSR count). The molecule has 1 atom stereocenters. The Kier molecular flexibility index (Phi) is 2.82. The number of carbonyl (C=O) groups is 1. The van der Waals surface area contributed by atoms with Crippen LogP contribution in [0, 0.1) is 5.92 Å². The van der Waals surface area contributed by atoms with Crippen LogP contribution in [0.1, 0.15) is 38.5 Å². The fraction of sp³-hybridized carbons (Fsp3) is 0.800. The van der Waals surface area contributed by atoms with E-state index in [0.29, 0.717) is 5.92 Å². The number of carbonyl (C=O) groups excluding carboxylic acids is 1. The molecule has 0 saturated heterocycles. The van der Waals surface area contributed by atoms with Gasteiger partial charge in [0.1, 0.15) is 6.04 Å². The molecular weight excluding hydrogens is 178 g/mol. The van der Waals surface area contributed by atoms with Crippen LogP contribution < -0.4 is 11.2 Å². The summed E-state index contributed by atoms with van der Waals surface area (Å²) in [5, 5.41) is 3.98. The first-order valence-corrected chi connectivity index (χ1v) is 5.39. The zero-order valence-electron chi connectivity index (χ0n) is 8.33. The SMILES string of the molecule is NC1C(=O)NN=C1CC1CCCCC1. The van der Waals surface area contributed by atoms with Crippen molar-refractivity contribution >= 4 is 11.6 Å². The summed E-state index contributed by atoms with van der Waals surface area (Å²) in [6, 6.07) is -0.489. The van der Waals surface area contributed by atoms with Crippen LogP contribution in [0.15, 0.2) is 5.10 Å². The van der Waals surface area contributed by atoms with Crippen LogP contribution >= 0.6 is 0 Å². The van der Waals surface area contributed by atoms with Crippen LogP contribution in [0.5, 0.6) is 0 Å². The van der Waals surface area contributed by atoms with Gasteiger partial charge in [-0.2, -0.15) is 5.10 Å². The maximum Gasteiger partial charge on any atom is 0.262 e. The van der Waals surface area contributed by atoms with E-state index in [9.17, 15) is 4.79 Å². The lowest BCUT2D eigenvalue weighted by Crippen LogP contribution is -2.38. The largest absolute Gasteiger partial charge is 0.315 e. The normalized spacial score (nSPS) is 28.8. The van der Waals surface area contributed by atoms with Crippen molar-refractivity contribution < 1.29 is 4.79 Å². The molecule has 0 aromatic heterocycles. The molecule has 1 aliphatic heterocycles. The van der Waals surface area contributed by atoms with E-state index in [2.05, 4.69) is 10.5 Å². The Balaban J connectivity index is 1.87. The lowest BCUT2D eigenvalue weighted by Gasteiger charge is -2.21. The van der Waals surface area contributed by atoms with Crippen LogP contribution in [0.4, 0.5) is 0 Å². The first-order chi connectivity index (χ1) is 6.77. The number of hydrazone groups is 1. The second-order valence-corrected chi connectivity index (χ2v) is 4.27. The van der Waals surface area contributed by atoms with E-state index >= 15 is 0 Å². The van der Waals surface area contributed by atoms with E-state index in [1.165, 1.54) is 32.1 Å². The summed E-state index contributed by atoms with van der Waals surface area (Å²) < 4.78 is 0. The molecule has 4 nitrogen and oxygen atoms in total. The van der Waals surface area contributed by atoms with Crippen LogP contribution in [0.2, 0.25) is 0 Å². The standard InChI is InChI=1S/C10H17N3O/c11-9-8(12-13-10(9)14)6-7-4-2-1-3-5-7/h7,9H,1-6,11H2,(H,13,14). The van der Waals surface area contributed by atoms with Gasteiger partial charge in [0.2, 0.25) is 0 Å². The van der Waals surface area contributed by atoms with E-state index in [1.807, 2.05) is 0 Å². The molecule has 0 radical (unpaired) electrons. The van der Waals surface area contributed by atoms with Crippen molar-refractivity contribution in [3.05, 3.63) is 0 Å². The summed E-state index contributed by atoms with van der Waals surface area (Å²) in [4.78, 5) is 11.1. The second-order valence-electron chi connectivity index (χ2n) is 4.27. The third-order valence-corrected chi connectivity index (χ3v) is 3.17. The van der Waals surface area contributed by atoms with E-state index in [1.54, 1.807) is 0 Å². The summed E-state index contributed by atoms with van der Waals surface area (Å²) in [5.74, 6) is 0.539. The Bertz CT molecular complexity index is 256. The van der Waals surface area contributed by atoms with Gasteiger partial charge in [0.25, 0.3) is 5.91 Å². The molecule has 0 bridgehead atoms. The van der Waals surface area contributed by atoms with E-state index < -0.39 is 6.04 Å². The highest BCUT2D eigenvalue weighted by Gasteiger charge is 2.28. The van der Waals surface area contributed by atoms with Gasteiger partial charge in [-0.15, -0.1) is 0 Å². The predicted molar refractivity (Wildman–Crippen MR) is 54.7 cm³/mol.